The molecule has 0 aliphatic carbocycles. The Morgan fingerprint density at radius 2 is 1.93 bits per heavy atom. The number of urea groups is 1. The number of nitrogens with two attached hydrogens (primary N) is 1. The predicted octanol–water partition coefficient (Wildman–Crippen LogP) is 1.03. The van der Waals surface area contributed by atoms with Crippen molar-refractivity contribution in [2.75, 3.05) is 0 Å². The smallest absolute Gasteiger partial charge is 0.316 e. The highest BCUT2D eigenvalue weighted by Crippen LogP contribution is 2.11. The Bertz CT molecular complexity index is 398. The van der Waals surface area contributed by atoms with E-state index < -0.39 is 11.8 Å². The van der Waals surface area contributed by atoms with Gasteiger partial charge in [0.1, 0.15) is 5.82 Å². The minimum atomic E-state index is -0.767. The third kappa shape index (κ3) is 3.22. The zero-order chi connectivity index (χ0) is 11.3. The number of carbonyl (C=O) groups is 2. The Labute approximate surface area is 85.6 Å². The van der Waals surface area contributed by atoms with E-state index in [1.165, 1.54) is 30.5 Å². The number of allylic oxidation sites excluding steroid dienone is 1. The standard InChI is InChI=1S/C10H9FN2O2/c11-9-3-1-7(2-4-9)8(6-14)5-13-10(12)15/h1-6H,(H3,12,13,15). The van der Waals surface area contributed by atoms with Gasteiger partial charge in [-0.15, -0.1) is 0 Å². The zero-order valence-electron chi connectivity index (χ0n) is 7.74. The van der Waals surface area contributed by atoms with Crippen molar-refractivity contribution in [3.8, 4) is 0 Å². The van der Waals surface area contributed by atoms with Gasteiger partial charge in [-0.25, -0.2) is 9.18 Å². The molecule has 0 atom stereocenters. The quantitative estimate of drug-likeness (QED) is 0.575. The molecule has 1 rings (SSSR count). The summed E-state index contributed by atoms with van der Waals surface area (Å²) in [6.45, 7) is 0. The number of amides is 2. The van der Waals surface area contributed by atoms with Crippen LogP contribution in [0.4, 0.5) is 9.18 Å². The maximum atomic E-state index is 12.6. The molecule has 4 nitrogen and oxygen atoms in total. The Balaban J connectivity index is 2.92. The fourth-order valence-electron chi connectivity index (χ4n) is 0.977. The molecule has 2 amide bonds. The van der Waals surface area contributed by atoms with Crippen molar-refractivity contribution in [3.05, 3.63) is 41.8 Å². The van der Waals surface area contributed by atoms with Crippen molar-refractivity contribution in [1.29, 1.82) is 0 Å². The molecular weight excluding hydrogens is 199 g/mol. The molecule has 0 unspecified atom stereocenters. The third-order valence-corrected chi connectivity index (χ3v) is 1.67. The molecule has 0 heterocycles. The van der Waals surface area contributed by atoms with Gasteiger partial charge in [-0.2, -0.15) is 0 Å². The summed E-state index contributed by atoms with van der Waals surface area (Å²) in [7, 11) is 0. The van der Waals surface area contributed by atoms with Gasteiger partial charge in [-0.05, 0) is 17.7 Å². The first-order valence-corrected chi connectivity index (χ1v) is 4.10. The topological polar surface area (TPSA) is 72.2 Å². The van der Waals surface area contributed by atoms with E-state index in [0.29, 0.717) is 11.8 Å². The second kappa shape index (κ2) is 4.90. The summed E-state index contributed by atoms with van der Waals surface area (Å²) >= 11 is 0. The van der Waals surface area contributed by atoms with E-state index in [-0.39, 0.29) is 5.57 Å². The molecule has 0 aromatic heterocycles. The Hall–Kier alpha value is -2.17. The molecule has 0 fully saturated rings. The first kappa shape index (κ1) is 10.9. The van der Waals surface area contributed by atoms with Crippen LogP contribution in [-0.2, 0) is 4.79 Å². The van der Waals surface area contributed by atoms with Crippen LogP contribution >= 0.6 is 0 Å². The first-order chi connectivity index (χ1) is 7.13. The van der Waals surface area contributed by atoms with Gasteiger partial charge in [0.2, 0.25) is 0 Å². The molecule has 0 radical (unpaired) electrons. The number of hydrogen-bond acceptors (Lipinski definition) is 2. The largest absolute Gasteiger partial charge is 0.351 e. The number of primary amides is 1. The van der Waals surface area contributed by atoms with Crippen molar-refractivity contribution in [2.45, 2.75) is 0 Å². The fourth-order valence-corrected chi connectivity index (χ4v) is 0.977. The van der Waals surface area contributed by atoms with Gasteiger partial charge < -0.3 is 11.1 Å². The average Bonchev–Trinajstić information content (AvgIpc) is 2.21. The van der Waals surface area contributed by atoms with Crippen molar-refractivity contribution in [2.24, 2.45) is 5.73 Å². The number of carbonyl (C=O) groups excluding carboxylic acids is 2. The van der Waals surface area contributed by atoms with Gasteiger partial charge in [0.05, 0.1) is 0 Å². The van der Waals surface area contributed by atoms with Crippen LogP contribution in [0.15, 0.2) is 30.5 Å². The maximum Gasteiger partial charge on any atom is 0.316 e. The summed E-state index contributed by atoms with van der Waals surface area (Å²) in [5, 5.41) is 2.16. The summed E-state index contributed by atoms with van der Waals surface area (Å²) in [5.41, 5.74) is 5.54. The van der Waals surface area contributed by atoms with E-state index in [1.807, 2.05) is 0 Å². The SMILES string of the molecule is NC(=O)NC=C(C=O)c1ccc(F)cc1. The molecular formula is C10H9FN2O2. The molecule has 0 aliphatic rings. The number of nitrogens with one attached hydrogen (secondary N) is 1. The van der Waals surface area contributed by atoms with Gasteiger partial charge in [0.25, 0.3) is 0 Å². The van der Waals surface area contributed by atoms with Crippen molar-refractivity contribution < 1.29 is 14.0 Å². The molecule has 5 heteroatoms. The second-order valence-electron chi connectivity index (χ2n) is 2.73. The zero-order valence-corrected chi connectivity index (χ0v) is 7.74. The summed E-state index contributed by atoms with van der Waals surface area (Å²) in [6.07, 6.45) is 1.71. The molecule has 0 aliphatic heterocycles. The molecule has 0 bridgehead atoms. The highest BCUT2D eigenvalue weighted by molar-refractivity contribution is 6.07. The number of halogens is 1. The van der Waals surface area contributed by atoms with Crippen molar-refractivity contribution >= 4 is 17.9 Å². The van der Waals surface area contributed by atoms with E-state index >= 15 is 0 Å². The summed E-state index contributed by atoms with van der Waals surface area (Å²) in [6, 6.07) is 4.53. The minimum absolute atomic E-state index is 0.216. The molecule has 78 valence electrons. The lowest BCUT2D eigenvalue weighted by Crippen LogP contribution is -2.24. The number of hydrogen-bond donors (Lipinski definition) is 2. The van der Waals surface area contributed by atoms with E-state index in [1.54, 1.807) is 0 Å². The molecule has 15 heavy (non-hydrogen) atoms. The van der Waals surface area contributed by atoms with Gasteiger partial charge in [-0.1, -0.05) is 12.1 Å². The lowest BCUT2D eigenvalue weighted by atomic mass is 10.1. The van der Waals surface area contributed by atoms with Crippen LogP contribution in [0.25, 0.3) is 5.57 Å². The highest BCUT2D eigenvalue weighted by Gasteiger charge is 2.00. The van der Waals surface area contributed by atoms with Crippen LogP contribution in [0, 0.1) is 5.82 Å². The van der Waals surface area contributed by atoms with Crippen LogP contribution in [0.5, 0.6) is 0 Å². The molecule has 1 aromatic carbocycles. The maximum absolute atomic E-state index is 12.6. The minimum Gasteiger partial charge on any atom is -0.351 e. The molecule has 0 saturated carbocycles. The van der Waals surface area contributed by atoms with E-state index in [9.17, 15) is 14.0 Å². The normalized spacial score (nSPS) is 10.9. The van der Waals surface area contributed by atoms with Gasteiger partial charge in [0, 0.05) is 11.8 Å². The van der Waals surface area contributed by atoms with Gasteiger partial charge >= 0.3 is 6.03 Å². The van der Waals surface area contributed by atoms with Crippen LogP contribution in [0.3, 0.4) is 0 Å². The van der Waals surface area contributed by atoms with Gasteiger partial charge in [0.15, 0.2) is 6.29 Å². The van der Waals surface area contributed by atoms with Crippen LogP contribution in [0.2, 0.25) is 0 Å². The van der Waals surface area contributed by atoms with E-state index in [2.05, 4.69) is 5.32 Å². The summed E-state index contributed by atoms with van der Waals surface area (Å²) in [4.78, 5) is 21.0. The lowest BCUT2D eigenvalue weighted by molar-refractivity contribution is -0.103. The summed E-state index contributed by atoms with van der Waals surface area (Å²) < 4.78 is 12.6. The first-order valence-electron chi connectivity index (χ1n) is 4.10. The van der Waals surface area contributed by atoms with E-state index in [4.69, 9.17) is 5.73 Å². The summed E-state index contributed by atoms with van der Waals surface area (Å²) in [5.74, 6) is -0.396. The third-order valence-electron chi connectivity index (χ3n) is 1.67. The van der Waals surface area contributed by atoms with E-state index in [0.717, 1.165) is 0 Å². The monoisotopic (exact) mass is 208 g/mol. The number of rotatable bonds is 3. The highest BCUT2D eigenvalue weighted by atomic mass is 19.1. The van der Waals surface area contributed by atoms with Crippen molar-refractivity contribution in [1.82, 2.24) is 5.32 Å². The Morgan fingerprint density at radius 1 is 1.33 bits per heavy atom. The lowest BCUT2D eigenvalue weighted by Gasteiger charge is -2.00. The molecule has 1 aromatic rings. The molecule has 3 N–H and O–H groups in total. The predicted molar refractivity (Wildman–Crippen MR) is 53.2 cm³/mol. The average molecular weight is 208 g/mol. The Kier molecular flexibility index (Phi) is 3.56. The Morgan fingerprint density at radius 3 is 2.40 bits per heavy atom. The number of benzene rings is 1. The fraction of sp³-hybridized carbons (Fsp3) is 0. The molecule has 0 spiro atoms. The number of aldehydes is 1. The van der Waals surface area contributed by atoms with Crippen molar-refractivity contribution in [3.63, 3.8) is 0 Å². The van der Waals surface area contributed by atoms with Crippen LogP contribution in [0.1, 0.15) is 5.56 Å². The van der Waals surface area contributed by atoms with Crippen LogP contribution in [-0.4, -0.2) is 12.3 Å². The van der Waals surface area contributed by atoms with Crippen LogP contribution < -0.4 is 11.1 Å². The molecule has 0 saturated heterocycles. The van der Waals surface area contributed by atoms with Gasteiger partial charge in [-0.3, -0.25) is 4.79 Å². The second-order valence-corrected chi connectivity index (χ2v) is 2.73.